The van der Waals surface area contributed by atoms with Crippen LogP contribution in [-0.4, -0.2) is 29.0 Å². The number of aromatic amines is 1. The van der Waals surface area contributed by atoms with E-state index in [-0.39, 0.29) is 5.91 Å². The van der Waals surface area contributed by atoms with E-state index in [0.717, 1.165) is 45.5 Å². The molecule has 3 rings (SSSR count). The van der Waals surface area contributed by atoms with Crippen molar-refractivity contribution < 1.29 is 4.79 Å². The van der Waals surface area contributed by atoms with Crippen LogP contribution >= 0.6 is 15.9 Å². The molecule has 3 N–H and O–H groups in total. The van der Waals surface area contributed by atoms with Crippen molar-refractivity contribution in [3.63, 3.8) is 0 Å². The topological polar surface area (TPSA) is 69.8 Å². The molecule has 0 saturated heterocycles. The Morgan fingerprint density at radius 3 is 2.88 bits per heavy atom. The van der Waals surface area contributed by atoms with Gasteiger partial charge in [-0.25, -0.2) is 4.98 Å². The second-order valence-electron chi connectivity index (χ2n) is 6.01. The van der Waals surface area contributed by atoms with E-state index in [2.05, 4.69) is 56.7 Å². The number of nitrogens with zero attached hydrogens (tertiary/aromatic N) is 1. The summed E-state index contributed by atoms with van der Waals surface area (Å²) in [5, 5.41) is 6.10. The number of halogens is 1. The molecule has 0 aliphatic rings. The average molecular weight is 401 g/mol. The minimum absolute atomic E-state index is 0.00406. The molecular formula is C19H21BrN4O. The Bertz CT molecular complexity index is 904. The first-order valence-electron chi connectivity index (χ1n) is 8.24. The van der Waals surface area contributed by atoms with Gasteiger partial charge in [0.2, 0.25) is 5.91 Å². The normalized spacial score (nSPS) is 11.0. The fourth-order valence-electron chi connectivity index (χ4n) is 2.71. The van der Waals surface area contributed by atoms with Crippen molar-refractivity contribution in [3.05, 3.63) is 52.0 Å². The van der Waals surface area contributed by atoms with Crippen LogP contribution in [-0.2, 0) is 11.3 Å². The van der Waals surface area contributed by atoms with Gasteiger partial charge in [-0.05, 0) is 36.2 Å². The summed E-state index contributed by atoms with van der Waals surface area (Å²) in [4.78, 5) is 19.0. The third kappa shape index (κ3) is 4.27. The molecule has 3 aromatic rings. The number of aryl methyl sites for hydroxylation is 1. The second-order valence-corrected chi connectivity index (χ2v) is 6.87. The largest absolute Gasteiger partial charge is 0.355 e. The zero-order valence-corrected chi connectivity index (χ0v) is 15.9. The summed E-state index contributed by atoms with van der Waals surface area (Å²) < 4.78 is 1.06. The number of amides is 1. The smallest absolute Gasteiger partial charge is 0.216 e. The lowest BCUT2D eigenvalue weighted by atomic mass is 10.1. The molecule has 0 radical (unpaired) electrons. The van der Waals surface area contributed by atoms with Crippen molar-refractivity contribution >= 4 is 32.9 Å². The number of aromatic nitrogens is 2. The van der Waals surface area contributed by atoms with Crippen molar-refractivity contribution in [3.8, 4) is 11.4 Å². The van der Waals surface area contributed by atoms with E-state index in [9.17, 15) is 4.79 Å². The number of imidazole rings is 1. The number of nitrogens with one attached hydrogen (secondary N) is 3. The second kappa shape index (κ2) is 7.80. The van der Waals surface area contributed by atoms with Crippen LogP contribution in [0.5, 0.6) is 0 Å². The SMILES string of the molecule is CC(=O)NCCNCc1cccc(-c2nc3c(C)c(Br)ccc3[nH]2)c1. The third-order valence-electron chi connectivity index (χ3n) is 4.05. The maximum atomic E-state index is 10.8. The molecule has 1 heterocycles. The molecule has 0 saturated carbocycles. The van der Waals surface area contributed by atoms with Gasteiger partial charge in [-0.3, -0.25) is 4.79 Å². The number of H-pyrrole nitrogens is 1. The lowest BCUT2D eigenvalue weighted by Crippen LogP contribution is -2.29. The first kappa shape index (κ1) is 17.6. The molecule has 1 aromatic heterocycles. The van der Waals surface area contributed by atoms with Gasteiger partial charge in [0.15, 0.2) is 0 Å². The summed E-state index contributed by atoms with van der Waals surface area (Å²) in [6.07, 6.45) is 0. The van der Waals surface area contributed by atoms with Crippen LogP contribution in [0.15, 0.2) is 40.9 Å². The van der Waals surface area contributed by atoms with E-state index < -0.39 is 0 Å². The van der Waals surface area contributed by atoms with Gasteiger partial charge in [0, 0.05) is 36.6 Å². The Labute approximate surface area is 155 Å². The van der Waals surface area contributed by atoms with E-state index in [4.69, 9.17) is 4.98 Å². The van der Waals surface area contributed by atoms with E-state index >= 15 is 0 Å². The standard InChI is InChI=1S/C19H21BrN4O/c1-12-16(20)6-7-17-18(12)24-19(23-17)15-5-3-4-14(10-15)11-21-8-9-22-13(2)25/h3-7,10,21H,8-9,11H2,1-2H3,(H,22,25)(H,23,24). The fraction of sp³-hybridized carbons (Fsp3) is 0.263. The maximum absolute atomic E-state index is 10.8. The van der Waals surface area contributed by atoms with Gasteiger partial charge in [0.25, 0.3) is 0 Å². The van der Waals surface area contributed by atoms with Crippen LogP contribution in [0, 0.1) is 6.92 Å². The predicted molar refractivity (Wildman–Crippen MR) is 104 cm³/mol. The summed E-state index contributed by atoms with van der Waals surface area (Å²) in [5.74, 6) is 0.868. The number of benzene rings is 2. The summed E-state index contributed by atoms with van der Waals surface area (Å²) in [5.41, 5.74) is 5.40. The monoisotopic (exact) mass is 400 g/mol. The molecule has 6 heteroatoms. The molecule has 25 heavy (non-hydrogen) atoms. The Morgan fingerprint density at radius 2 is 2.08 bits per heavy atom. The highest BCUT2D eigenvalue weighted by molar-refractivity contribution is 9.10. The Kier molecular flexibility index (Phi) is 5.50. The third-order valence-corrected chi connectivity index (χ3v) is 4.91. The van der Waals surface area contributed by atoms with Crippen LogP contribution in [0.1, 0.15) is 18.1 Å². The average Bonchev–Trinajstić information content (AvgIpc) is 3.03. The van der Waals surface area contributed by atoms with Crippen molar-refractivity contribution in [1.82, 2.24) is 20.6 Å². The molecule has 130 valence electrons. The van der Waals surface area contributed by atoms with Crippen LogP contribution < -0.4 is 10.6 Å². The van der Waals surface area contributed by atoms with Gasteiger partial charge in [-0.15, -0.1) is 0 Å². The van der Waals surface area contributed by atoms with Crippen molar-refractivity contribution in [1.29, 1.82) is 0 Å². The molecule has 0 bridgehead atoms. The highest BCUT2D eigenvalue weighted by Gasteiger charge is 2.09. The lowest BCUT2D eigenvalue weighted by molar-refractivity contribution is -0.118. The molecule has 0 unspecified atom stereocenters. The van der Waals surface area contributed by atoms with Crippen LogP contribution in [0.3, 0.4) is 0 Å². The molecule has 0 spiro atoms. The van der Waals surface area contributed by atoms with E-state index in [1.807, 2.05) is 18.2 Å². The zero-order chi connectivity index (χ0) is 17.8. The van der Waals surface area contributed by atoms with Crippen molar-refractivity contribution in [2.45, 2.75) is 20.4 Å². The number of fused-ring (bicyclic) bond motifs is 1. The van der Waals surface area contributed by atoms with Gasteiger partial charge in [-0.1, -0.05) is 34.1 Å². The van der Waals surface area contributed by atoms with E-state index in [1.165, 1.54) is 12.5 Å². The highest BCUT2D eigenvalue weighted by Crippen LogP contribution is 2.27. The molecule has 0 aliphatic carbocycles. The zero-order valence-electron chi connectivity index (χ0n) is 14.3. The molecule has 5 nitrogen and oxygen atoms in total. The summed E-state index contributed by atoms with van der Waals surface area (Å²) >= 11 is 3.56. The number of carbonyl (C=O) groups is 1. The highest BCUT2D eigenvalue weighted by atomic mass is 79.9. The molecule has 0 atom stereocenters. The van der Waals surface area contributed by atoms with Crippen molar-refractivity contribution in [2.24, 2.45) is 0 Å². The first-order chi connectivity index (χ1) is 12.0. The van der Waals surface area contributed by atoms with E-state index in [1.54, 1.807) is 0 Å². The number of hydrogen-bond donors (Lipinski definition) is 3. The minimum Gasteiger partial charge on any atom is -0.355 e. The Morgan fingerprint density at radius 1 is 1.24 bits per heavy atom. The van der Waals surface area contributed by atoms with Crippen molar-refractivity contribution in [2.75, 3.05) is 13.1 Å². The predicted octanol–water partition coefficient (Wildman–Crippen LogP) is 3.53. The summed E-state index contributed by atoms with van der Waals surface area (Å²) in [6.45, 7) is 5.70. The molecule has 0 fully saturated rings. The van der Waals surface area contributed by atoms with Crippen LogP contribution in [0.2, 0.25) is 0 Å². The van der Waals surface area contributed by atoms with Gasteiger partial charge in [-0.2, -0.15) is 0 Å². The quantitative estimate of drug-likeness (QED) is 0.554. The van der Waals surface area contributed by atoms with Crippen LogP contribution in [0.25, 0.3) is 22.4 Å². The molecule has 1 amide bonds. The minimum atomic E-state index is -0.00406. The fourth-order valence-corrected chi connectivity index (χ4v) is 3.03. The van der Waals surface area contributed by atoms with Gasteiger partial charge >= 0.3 is 0 Å². The summed E-state index contributed by atoms with van der Waals surface area (Å²) in [7, 11) is 0. The lowest BCUT2D eigenvalue weighted by Gasteiger charge is -2.06. The van der Waals surface area contributed by atoms with E-state index in [0.29, 0.717) is 6.54 Å². The van der Waals surface area contributed by atoms with Gasteiger partial charge in [0.1, 0.15) is 5.82 Å². The Hall–Kier alpha value is -2.18. The number of rotatable bonds is 6. The molecular weight excluding hydrogens is 380 g/mol. The van der Waals surface area contributed by atoms with Gasteiger partial charge in [0.05, 0.1) is 11.0 Å². The Balaban J connectivity index is 1.73. The maximum Gasteiger partial charge on any atom is 0.216 e. The van der Waals surface area contributed by atoms with Gasteiger partial charge < -0.3 is 15.6 Å². The summed E-state index contributed by atoms with van der Waals surface area (Å²) in [6, 6.07) is 12.4. The molecule has 2 aromatic carbocycles. The van der Waals surface area contributed by atoms with Crippen LogP contribution in [0.4, 0.5) is 0 Å². The number of hydrogen-bond acceptors (Lipinski definition) is 3. The molecule has 0 aliphatic heterocycles. The first-order valence-corrected chi connectivity index (χ1v) is 9.03. The number of carbonyl (C=O) groups excluding carboxylic acids is 1.